The fraction of sp³-hybridized carbons (Fsp3) is 0.273. The lowest BCUT2D eigenvalue weighted by molar-refractivity contribution is 0.0699. The molecule has 0 aliphatic rings. The number of carboxylic acid groups (broad SMARTS) is 1. The molecular weight excluding hydrogens is 427 g/mol. The Kier molecular flexibility index (Phi) is 6.83. The highest BCUT2D eigenvalue weighted by Gasteiger charge is 2.27. The zero-order valence-corrected chi connectivity index (χ0v) is 18.7. The summed E-state index contributed by atoms with van der Waals surface area (Å²) in [5.74, 6) is -0.906. The maximum atomic E-state index is 11.9. The van der Waals surface area contributed by atoms with E-state index in [0.29, 0.717) is 26.1 Å². The van der Waals surface area contributed by atoms with Crippen LogP contribution < -0.4 is 4.80 Å². The van der Waals surface area contributed by atoms with Crippen molar-refractivity contribution in [2.24, 2.45) is 4.99 Å². The summed E-state index contributed by atoms with van der Waals surface area (Å²) < 4.78 is 2.07. The minimum atomic E-state index is -0.927. The van der Waals surface area contributed by atoms with Gasteiger partial charge in [0.05, 0.1) is 6.04 Å². The molecule has 4 nitrogen and oxygen atoms in total. The first-order chi connectivity index (χ1) is 13.8. The van der Waals surface area contributed by atoms with Crippen molar-refractivity contribution in [3.63, 3.8) is 0 Å². The van der Waals surface area contributed by atoms with Crippen molar-refractivity contribution < 1.29 is 9.90 Å². The van der Waals surface area contributed by atoms with Crippen LogP contribution in [0.2, 0.25) is 10.0 Å². The standard InChI is InChI=1S/C22H22Cl2N2O2S/c1-13(2)19-20(21(27)28)29-22(25-3)26(19)18(15-6-10-17(24)11-7-15)12-14-4-8-16(23)9-5-14/h4-11,13,18H,12H2,1-3H3,(H,27,28)/t18-/m0/s1. The van der Waals surface area contributed by atoms with Gasteiger partial charge in [0.25, 0.3) is 0 Å². The smallest absolute Gasteiger partial charge is 0.347 e. The van der Waals surface area contributed by atoms with E-state index in [1.54, 1.807) is 7.05 Å². The van der Waals surface area contributed by atoms with Crippen LogP contribution in [0.1, 0.15) is 52.3 Å². The third kappa shape index (κ3) is 4.74. The van der Waals surface area contributed by atoms with Crippen molar-refractivity contribution in [2.45, 2.75) is 32.2 Å². The molecule has 152 valence electrons. The van der Waals surface area contributed by atoms with Gasteiger partial charge in [0.15, 0.2) is 4.80 Å². The molecule has 2 aromatic carbocycles. The molecule has 7 heteroatoms. The van der Waals surface area contributed by atoms with Gasteiger partial charge >= 0.3 is 5.97 Å². The number of carbonyl (C=O) groups is 1. The van der Waals surface area contributed by atoms with E-state index in [1.807, 2.05) is 62.4 Å². The minimum absolute atomic E-state index is 0.0212. The van der Waals surface area contributed by atoms with E-state index in [9.17, 15) is 9.90 Å². The lowest BCUT2D eigenvalue weighted by Crippen LogP contribution is -2.26. The van der Waals surface area contributed by atoms with E-state index in [-0.39, 0.29) is 12.0 Å². The predicted molar refractivity (Wildman–Crippen MR) is 120 cm³/mol. The van der Waals surface area contributed by atoms with E-state index in [2.05, 4.69) is 9.56 Å². The molecule has 0 aliphatic heterocycles. The summed E-state index contributed by atoms with van der Waals surface area (Å²) in [6.07, 6.45) is 0.668. The third-order valence-corrected chi connectivity index (χ3v) is 6.39. The maximum Gasteiger partial charge on any atom is 0.347 e. The molecule has 0 aliphatic carbocycles. The molecule has 1 aromatic heterocycles. The summed E-state index contributed by atoms with van der Waals surface area (Å²) in [6.45, 7) is 4.01. The largest absolute Gasteiger partial charge is 0.477 e. The number of hydrogen-bond acceptors (Lipinski definition) is 3. The number of hydrogen-bond donors (Lipinski definition) is 1. The molecule has 0 radical (unpaired) electrons. The van der Waals surface area contributed by atoms with Gasteiger partial charge in [-0.2, -0.15) is 0 Å². The number of thiazole rings is 1. The highest BCUT2D eigenvalue weighted by molar-refractivity contribution is 7.11. The normalized spacial score (nSPS) is 13.1. The zero-order valence-electron chi connectivity index (χ0n) is 16.4. The molecule has 1 N–H and O–H groups in total. The van der Waals surface area contributed by atoms with Crippen molar-refractivity contribution in [1.82, 2.24) is 4.57 Å². The summed E-state index contributed by atoms with van der Waals surface area (Å²) in [6, 6.07) is 15.3. The second-order valence-corrected chi connectivity index (χ2v) is 8.90. The first kappa shape index (κ1) is 21.6. The molecule has 0 fully saturated rings. The van der Waals surface area contributed by atoms with Crippen LogP contribution in [0.5, 0.6) is 0 Å². The quantitative estimate of drug-likeness (QED) is 0.499. The van der Waals surface area contributed by atoms with Gasteiger partial charge in [-0.1, -0.05) is 72.7 Å². The van der Waals surface area contributed by atoms with Crippen LogP contribution in [-0.4, -0.2) is 22.7 Å². The Morgan fingerprint density at radius 1 is 1.07 bits per heavy atom. The number of aromatic carboxylic acids is 1. The van der Waals surface area contributed by atoms with Gasteiger partial charge in [-0.15, -0.1) is 0 Å². The Hall–Kier alpha value is -2.08. The lowest BCUT2D eigenvalue weighted by atomic mass is 9.97. The molecule has 0 saturated heterocycles. The Labute approximate surface area is 184 Å². The number of nitrogens with zero attached hydrogens (tertiary/aromatic N) is 2. The van der Waals surface area contributed by atoms with E-state index >= 15 is 0 Å². The highest BCUT2D eigenvalue weighted by atomic mass is 35.5. The third-order valence-electron chi connectivity index (χ3n) is 4.73. The highest BCUT2D eigenvalue weighted by Crippen LogP contribution is 2.31. The molecule has 29 heavy (non-hydrogen) atoms. The summed E-state index contributed by atoms with van der Waals surface area (Å²) in [4.78, 5) is 17.3. The fourth-order valence-electron chi connectivity index (χ4n) is 3.44. The Bertz CT molecular complexity index is 1070. The topological polar surface area (TPSA) is 54.6 Å². The molecule has 0 saturated carbocycles. The summed E-state index contributed by atoms with van der Waals surface area (Å²) >= 11 is 13.4. The number of aromatic nitrogens is 1. The van der Waals surface area contributed by atoms with Crippen LogP contribution >= 0.6 is 34.5 Å². The molecule has 1 atom stereocenters. The molecule has 0 amide bonds. The SMILES string of the molecule is CN=c1sc(C(=O)O)c(C(C)C)n1[C@@H](Cc1ccc(Cl)cc1)c1ccc(Cl)cc1. The zero-order chi connectivity index (χ0) is 21.1. The van der Waals surface area contributed by atoms with Gasteiger partial charge < -0.3 is 9.67 Å². The first-order valence-corrected chi connectivity index (χ1v) is 10.8. The van der Waals surface area contributed by atoms with Crippen LogP contribution in [0.15, 0.2) is 53.5 Å². The summed E-state index contributed by atoms with van der Waals surface area (Å²) in [7, 11) is 1.69. The van der Waals surface area contributed by atoms with E-state index < -0.39 is 5.97 Å². The molecular formula is C22H22Cl2N2O2S. The van der Waals surface area contributed by atoms with Gasteiger partial charge in [-0.3, -0.25) is 4.99 Å². The molecule has 0 unspecified atom stereocenters. The second-order valence-electron chi connectivity index (χ2n) is 7.05. The second kappa shape index (κ2) is 9.16. The van der Waals surface area contributed by atoms with Crippen molar-refractivity contribution in [3.8, 4) is 0 Å². The van der Waals surface area contributed by atoms with Crippen molar-refractivity contribution in [2.75, 3.05) is 7.05 Å². The van der Waals surface area contributed by atoms with Gasteiger partial charge in [0.2, 0.25) is 0 Å². The van der Waals surface area contributed by atoms with E-state index in [0.717, 1.165) is 16.8 Å². The molecule has 1 heterocycles. The Morgan fingerprint density at radius 3 is 2.10 bits per heavy atom. The Balaban J connectivity index is 2.24. The van der Waals surface area contributed by atoms with Crippen molar-refractivity contribution >= 4 is 40.5 Å². The number of halogens is 2. The number of benzene rings is 2. The van der Waals surface area contributed by atoms with Gasteiger partial charge in [0, 0.05) is 22.8 Å². The summed E-state index contributed by atoms with van der Waals surface area (Å²) in [5, 5.41) is 11.1. The maximum absolute atomic E-state index is 11.9. The van der Waals surface area contributed by atoms with Crippen LogP contribution in [0.25, 0.3) is 0 Å². The molecule has 3 rings (SSSR count). The minimum Gasteiger partial charge on any atom is -0.477 e. The van der Waals surface area contributed by atoms with Crippen LogP contribution in [0, 0.1) is 0 Å². The average Bonchev–Trinajstić information content (AvgIpc) is 3.08. The summed E-state index contributed by atoms with van der Waals surface area (Å²) in [5.41, 5.74) is 2.91. The predicted octanol–water partition coefficient (Wildman–Crippen LogP) is 6.04. The van der Waals surface area contributed by atoms with E-state index in [1.165, 1.54) is 11.3 Å². The monoisotopic (exact) mass is 448 g/mol. The van der Waals surface area contributed by atoms with Crippen molar-refractivity contribution in [1.29, 1.82) is 0 Å². The van der Waals surface area contributed by atoms with Gasteiger partial charge in [0.1, 0.15) is 4.88 Å². The number of carboxylic acids is 1. The van der Waals surface area contributed by atoms with Crippen LogP contribution in [0.3, 0.4) is 0 Å². The first-order valence-electron chi connectivity index (χ1n) is 9.23. The van der Waals surface area contributed by atoms with Gasteiger partial charge in [-0.05, 0) is 47.7 Å². The van der Waals surface area contributed by atoms with E-state index in [4.69, 9.17) is 23.2 Å². The molecule has 3 aromatic rings. The fourth-order valence-corrected chi connectivity index (χ4v) is 4.82. The molecule has 0 spiro atoms. The average molecular weight is 449 g/mol. The Morgan fingerprint density at radius 2 is 1.62 bits per heavy atom. The van der Waals surface area contributed by atoms with Gasteiger partial charge in [-0.25, -0.2) is 4.79 Å². The lowest BCUT2D eigenvalue weighted by Gasteiger charge is -2.24. The van der Waals surface area contributed by atoms with Crippen LogP contribution in [-0.2, 0) is 6.42 Å². The van der Waals surface area contributed by atoms with Crippen molar-refractivity contribution in [3.05, 3.63) is 85.1 Å². The van der Waals surface area contributed by atoms with Crippen LogP contribution in [0.4, 0.5) is 0 Å². The molecule has 0 bridgehead atoms. The number of rotatable bonds is 6.